The van der Waals surface area contributed by atoms with Crippen LogP contribution in [0, 0.1) is 5.92 Å². The highest BCUT2D eigenvalue weighted by Gasteiger charge is 2.33. The lowest BCUT2D eigenvalue weighted by atomic mass is 9.83. The van der Waals surface area contributed by atoms with Crippen LogP contribution >= 0.6 is 11.6 Å². The molecule has 2 aromatic heterocycles. The Bertz CT molecular complexity index is 1290. The summed E-state index contributed by atoms with van der Waals surface area (Å²) in [5.41, 5.74) is -1.70. The van der Waals surface area contributed by atoms with Gasteiger partial charge in [0.05, 0.1) is 21.8 Å². The van der Waals surface area contributed by atoms with Crippen molar-refractivity contribution >= 4 is 40.0 Å². The highest BCUT2D eigenvalue weighted by Crippen LogP contribution is 2.30. The highest BCUT2D eigenvalue weighted by atomic mass is 35.5. The molecule has 0 spiro atoms. The second-order valence-electron chi connectivity index (χ2n) is 9.39. The number of amides is 2. The first-order chi connectivity index (χ1) is 16.8. The molecule has 8 nitrogen and oxygen atoms in total. The zero-order chi connectivity index (χ0) is 26.3. The lowest BCUT2D eigenvalue weighted by Crippen LogP contribution is -2.45. The third-order valence-corrected chi connectivity index (χ3v) is 6.62. The molecule has 3 aromatic rings. The van der Waals surface area contributed by atoms with E-state index in [4.69, 9.17) is 11.6 Å². The summed E-state index contributed by atoms with van der Waals surface area (Å²) in [6.45, 7) is 4.68. The SMILES string of the molecule is CC(C)(O)C1CCN(C(=O)Cn2cc3cc(NC(=O)c4cccc(C(F)(F)F)n4)c(Cl)cc3n2)CC1. The van der Waals surface area contributed by atoms with Crippen LogP contribution in [-0.2, 0) is 17.5 Å². The molecule has 0 radical (unpaired) electrons. The van der Waals surface area contributed by atoms with E-state index < -0.39 is 29.1 Å². The molecule has 3 heterocycles. The van der Waals surface area contributed by atoms with E-state index in [2.05, 4.69) is 15.4 Å². The second-order valence-corrected chi connectivity index (χ2v) is 9.79. The summed E-state index contributed by atoms with van der Waals surface area (Å²) in [4.78, 5) is 30.4. The third kappa shape index (κ3) is 5.79. The van der Waals surface area contributed by atoms with E-state index in [1.807, 2.05) is 0 Å². The van der Waals surface area contributed by atoms with E-state index in [1.165, 1.54) is 22.9 Å². The lowest BCUT2D eigenvalue weighted by molar-refractivity contribution is -0.141. The Hall–Kier alpha value is -3.18. The largest absolute Gasteiger partial charge is 0.433 e. The molecule has 1 saturated heterocycles. The van der Waals surface area contributed by atoms with Gasteiger partial charge in [0.2, 0.25) is 5.91 Å². The van der Waals surface area contributed by atoms with Gasteiger partial charge in [-0.15, -0.1) is 0 Å². The van der Waals surface area contributed by atoms with Gasteiger partial charge in [0, 0.05) is 24.7 Å². The molecular weight excluding hydrogens is 499 g/mol. The molecule has 2 amide bonds. The predicted molar refractivity (Wildman–Crippen MR) is 128 cm³/mol. The fourth-order valence-corrected chi connectivity index (χ4v) is 4.46. The van der Waals surface area contributed by atoms with Gasteiger partial charge >= 0.3 is 6.18 Å². The highest BCUT2D eigenvalue weighted by molar-refractivity contribution is 6.34. The van der Waals surface area contributed by atoms with Crippen LogP contribution in [0.1, 0.15) is 42.9 Å². The molecule has 1 aliphatic rings. The summed E-state index contributed by atoms with van der Waals surface area (Å²) < 4.78 is 40.2. The molecule has 4 rings (SSSR count). The number of fused-ring (bicyclic) bond motifs is 1. The van der Waals surface area contributed by atoms with Crippen LogP contribution in [-0.4, -0.2) is 55.3 Å². The smallest absolute Gasteiger partial charge is 0.390 e. The number of likely N-dealkylation sites (tertiary alicyclic amines) is 1. The summed E-state index contributed by atoms with van der Waals surface area (Å²) in [6, 6.07) is 6.09. The number of benzene rings is 1. The summed E-state index contributed by atoms with van der Waals surface area (Å²) in [7, 11) is 0. The molecule has 36 heavy (non-hydrogen) atoms. The average molecular weight is 524 g/mol. The number of pyridine rings is 1. The monoisotopic (exact) mass is 523 g/mol. The van der Waals surface area contributed by atoms with Crippen molar-refractivity contribution in [2.75, 3.05) is 18.4 Å². The van der Waals surface area contributed by atoms with Gasteiger partial charge in [0.1, 0.15) is 17.9 Å². The van der Waals surface area contributed by atoms with Crippen molar-refractivity contribution in [3.05, 3.63) is 52.9 Å². The van der Waals surface area contributed by atoms with Crippen molar-refractivity contribution < 1.29 is 27.9 Å². The molecule has 0 unspecified atom stereocenters. The molecule has 12 heteroatoms. The van der Waals surface area contributed by atoms with E-state index in [1.54, 1.807) is 24.9 Å². The molecule has 0 aliphatic carbocycles. The number of halogens is 4. The first-order valence-corrected chi connectivity index (χ1v) is 11.7. The number of alkyl halides is 3. The van der Waals surface area contributed by atoms with E-state index in [0.717, 1.165) is 25.0 Å². The van der Waals surface area contributed by atoms with E-state index in [0.29, 0.717) is 24.0 Å². The van der Waals surface area contributed by atoms with Crippen molar-refractivity contribution in [1.29, 1.82) is 0 Å². The lowest BCUT2D eigenvalue weighted by Gasteiger charge is -2.37. The minimum absolute atomic E-state index is 0.00926. The van der Waals surface area contributed by atoms with Crippen LogP contribution < -0.4 is 5.32 Å². The maximum absolute atomic E-state index is 12.9. The van der Waals surface area contributed by atoms with Crippen molar-refractivity contribution in [2.45, 2.75) is 45.0 Å². The van der Waals surface area contributed by atoms with E-state index in [9.17, 15) is 27.9 Å². The molecule has 2 N–H and O–H groups in total. The fourth-order valence-electron chi connectivity index (χ4n) is 4.25. The van der Waals surface area contributed by atoms with Crippen molar-refractivity contribution in [2.24, 2.45) is 5.92 Å². The van der Waals surface area contributed by atoms with Crippen LogP contribution in [0.5, 0.6) is 0 Å². The zero-order valence-corrected chi connectivity index (χ0v) is 20.4. The number of nitrogens with one attached hydrogen (secondary N) is 1. The van der Waals surface area contributed by atoms with Crippen LogP contribution in [0.4, 0.5) is 18.9 Å². The minimum atomic E-state index is -4.68. The molecule has 0 bridgehead atoms. The third-order valence-electron chi connectivity index (χ3n) is 6.30. The summed E-state index contributed by atoms with van der Waals surface area (Å²) in [6.07, 6.45) is -1.61. The number of anilines is 1. The Morgan fingerprint density at radius 1 is 1.19 bits per heavy atom. The number of carbonyl (C=O) groups is 2. The minimum Gasteiger partial charge on any atom is -0.390 e. The number of nitrogens with zero attached hydrogens (tertiary/aromatic N) is 4. The first kappa shape index (κ1) is 25.9. The molecule has 1 aromatic carbocycles. The van der Waals surface area contributed by atoms with Gasteiger partial charge in [0.15, 0.2) is 0 Å². The number of carbonyl (C=O) groups excluding carboxylic acids is 2. The summed E-state index contributed by atoms with van der Waals surface area (Å²) in [5, 5.41) is 17.8. The normalized spacial score (nSPS) is 15.4. The van der Waals surface area contributed by atoms with Gasteiger partial charge < -0.3 is 15.3 Å². The topological polar surface area (TPSA) is 100 Å². The molecule has 0 saturated carbocycles. The number of aliphatic hydroxyl groups is 1. The first-order valence-electron chi connectivity index (χ1n) is 11.3. The second kappa shape index (κ2) is 9.70. The Kier molecular flexibility index (Phi) is 6.98. The number of rotatable bonds is 5. The Labute approximate surface area is 210 Å². The van der Waals surface area contributed by atoms with Crippen LogP contribution in [0.25, 0.3) is 10.9 Å². The number of hydrogen-bond donors (Lipinski definition) is 2. The zero-order valence-electron chi connectivity index (χ0n) is 19.6. The van der Waals surface area contributed by atoms with Crippen LogP contribution in [0.15, 0.2) is 36.5 Å². The quantitative estimate of drug-likeness (QED) is 0.517. The van der Waals surface area contributed by atoms with E-state index >= 15 is 0 Å². The van der Waals surface area contributed by atoms with Gasteiger partial charge in [-0.3, -0.25) is 14.3 Å². The van der Waals surface area contributed by atoms with Gasteiger partial charge in [-0.2, -0.15) is 18.3 Å². The molecular formula is C24H25ClF3N5O3. The van der Waals surface area contributed by atoms with Crippen molar-refractivity contribution in [3.63, 3.8) is 0 Å². The van der Waals surface area contributed by atoms with Gasteiger partial charge in [0.25, 0.3) is 5.91 Å². The molecule has 1 fully saturated rings. The van der Waals surface area contributed by atoms with Gasteiger partial charge in [-0.25, -0.2) is 4.98 Å². The van der Waals surface area contributed by atoms with Gasteiger partial charge in [-0.1, -0.05) is 17.7 Å². The van der Waals surface area contributed by atoms with E-state index in [-0.39, 0.29) is 29.1 Å². The fraction of sp³-hybridized carbons (Fsp3) is 0.417. The maximum atomic E-state index is 12.9. The Morgan fingerprint density at radius 2 is 1.89 bits per heavy atom. The molecule has 1 aliphatic heterocycles. The van der Waals surface area contributed by atoms with Crippen molar-refractivity contribution in [3.8, 4) is 0 Å². The average Bonchev–Trinajstić information content (AvgIpc) is 3.19. The van der Waals surface area contributed by atoms with Crippen LogP contribution in [0.3, 0.4) is 0 Å². The number of aromatic nitrogens is 3. The number of piperidine rings is 1. The van der Waals surface area contributed by atoms with Crippen LogP contribution in [0.2, 0.25) is 5.02 Å². The summed E-state index contributed by atoms with van der Waals surface area (Å²) in [5.74, 6) is -0.817. The van der Waals surface area contributed by atoms with Crippen molar-refractivity contribution in [1.82, 2.24) is 19.7 Å². The summed E-state index contributed by atoms with van der Waals surface area (Å²) >= 11 is 6.27. The molecule has 0 atom stereocenters. The maximum Gasteiger partial charge on any atom is 0.433 e. The Morgan fingerprint density at radius 3 is 2.53 bits per heavy atom. The Balaban J connectivity index is 1.45. The molecule has 192 valence electrons. The predicted octanol–water partition coefficient (Wildman–Crippen LogP) is 4.37. The standard InChI is InChI=1S/C24H25ClF3N5O3/c1-23(2,36)15-6-8-32(9-7-15)21(34)13-33-12-14-10-19(16(25)11-18(14)31-33)30-22(35)17-4-3-5-20(29-17)24(26,27)28/h3-5,10-12,15,36H,6-9,13H2,1-2H3,(H,30,35). The van der Waals surface area contributed by atoms with Gasteiger partial charge in [-0.05, 0) is 56.9 Å². The number of hydrogen-bond acceptors (Lipinski definition) is 5.